The molecule has 0 saturated heterocycles. The second-order valence-electron chi connectivity index (χ2n) is 4.02. The summed E-state index contributed by atoms with van der Waals surface area (Å²) in [6.07, 6.45) is 6.93. The van der Waals surface area contributed by atoms with Crippen molar-refractivity contribution in [3.8, 4) is 11.1 Å². The molecule has 0 atom stereocenters. The molecule has 0 radical (unpaired) electrons. The molecule has 18 heavy (non-hydrogen) atoms. The van der Waals surface area contributed by atoms with E-state index in [1.807, 2.05) is 23.2 Å². The van der Waals surface area contributed by atoms with E-state index in [-0.39, 0.29) is 0 Å². The minimum absolute atomic E-state index is 0.697. The Morgan fingerprint density at radius 2 is 2.28 bits per heavy atom. The standard InChI is InChI=1S/C13H18N4S/c1-18-16-13-5-2-4-11(8-13)12-9-15-17(10-12)7-3-6-14/h2,4-5,8-10,16H,3,6-7,14H2,1H3. The van der Waals surface area contributed by atoms with Crippen LogP contribution in [-0.2, 0) is 6.54 Å². The molecule has 1 aromatic heterocycles. The number of hydrogen-bond acceptors (Lipinski definition) is 4. The van der Waals surface area contributed by atoms with Crippen molar-refractivity contribution in [1.82, 2.24) is 9.78 Å². The molecule has 96 valence electrons. The number of nitrogens with one attached hydrogen (secondary N) is 1. The SMILES string of the molecule is CSNc1cccc(-c2cnn(CCCN)c2)c1. The second kappa shape index (κ2) is 6.47. The van der Waals surface area contributed by atoms with E-state index in [2.05, 4.69) is 34.2 Å². The van der Waals surface area contributed by atoms with Gasteiger partial charge in [0.1, 0.15) is 0 Å². The van der Waals surface area contributed by atoms with Gasteiger partial charge in [-0.1, -0.05) is 24.1 Å². The predicted octanol–water partition coefficient (Wildman–Crippen LogP) is 2.59. The van der Waals surface area contributed by atoms with Gasteiger partial charge in [0.25, 0.3) is 0 Å². The average molecular weight is 262 g/mol. The number of nitrogens with zero attached hydrogens (tertiary/aromatic N) is 2. The highest BCUT2D eigenvalue weighted by molar-refractivity contribution is 7.99. The lowest BCUT2D eigenvalue weighted by atomic mass is 10.1. The van der Waals surface area contributed by atoms with Crippen LogP contribution in [0.2, 0.25) is 0 Å². The summed E-state index contributed by atoms with van der Waals surface area (Å²) in [4.78, 5) is 0. The third-order valence-corrected chi connectivity index (χ3v) is 3.08. The monoisotopic (exact) mass is 262 g/mol. The van der Waals surface area contributed by atoms with Crippen LogP contribution in [0.3, 0.4) is 0 Å². The van der Waals surface area contributed by atoms with Gasteiger partial charge in [-0.25, -0.2) is 0 Å². The van der Waals surface area contributed by atoms with Gasteiger partial charge in [0, 0.05) is 30.2 Å². The molecule has 0 saturated carbocycles. The number of aryl methyl sites for hydroxylation is 1. The summed E-state index contributed by atoms with van der Waals surface area (Å²) in [5.74, 6) is 0. The lowest BCUT2D eigenvalue weighted by Crippen LogP contribution is -2.05. The smallest absolute Gasteiger partial charge is 0.0568 e. The quantitative estimate of drug-likeness (QED) is 0.786. The zero-order valence-corrected chi connectivity index (χ0v) is 11.3. The Morgan fingerprint density at radius 1 is 1.39 bits per heavy atom. The number of rotatable bonds is 6. The van der Waals surface area contributed by atoms with Gasteiger partial charge in [-0.3, -0.25) is 4.68 Å². The molecule has 0 amide bonds. The van der Waals surface area contributed by atoms with Crippen LogP contribution in [0.5, 0.6) is 0 Å². The Hall–Kier alpha value is -1.46. The average Bonchev–Trinajstić information content (AvgIpc) is 2.86. The molecule has 2 aromatic rings. The van der Waals surface area contributed by atoms with E-state index >= 15 is 0 Å². The lowest BCUT2D eigenvalue weighted by molar-refractivity contribution is 0.585. The molecule has 0 unspecified atom stereocenters. The maximum Gasteiger partial charge on any atom is 0.0568 e. The van der Waals surface area contributed by atoms with E-state index < -0.39 is 0 Å². The van der Waals surface area contributed by atoms with Crippen molar-refractivity contribution in [2.24, 2.45) is 5.73 Å². The van der Waals surface area contributed by atoms with Crippen molar-refractivity contribution >= 4 is 17.6 Å². The molecular formula is C13H18N4S. The summed E-state index contributed by atoms with van der Waals surface area (Å²) in [6.45, 7) is 1.57. The Bertz CT molecular complexity index is 495. The van der Waals surface area contributed by atoms with Gasteiger partial charge in [-0.05, 0) is 30.7 Å². The van der Waals surface area contributed by atoms with Gasteiger partial charge < -0.3 is 10.5 Å². The Kier molecular flexibility index (Phi) is 4.66. The van der Waals surface area contributed by atoms with Crippen LogP contribution in [-0.4, -0.2) is 22.6 Å². The number of hydrogen-bond donors (Lipinski definition) is 2. The number of benzene rings is 1. The summed E-state index contributed by atoms with van der Waals surface area (Å²) in [7, 11) is 0. The number of anilines is 1. The van der Waals surface area contributed by atoms with Gasteiger partial charge >= 0.3 is 0 Å². The molecule has 1 heterocycles. The van der Waals surface area contributed by atoms with Crippen LogP contribution in [0.4, 0.5) is 5.69 Å². The van der Waals surface area contributed by atoms with E-state index in [1.165, 1.54) is 5.56 Å². The third-order valence-electron chi connectivity index (χ3n) is 2.64. The summed E-state index contributed by atoms with van der Waals surface area (Å²) < 4.78 is 5.17. The maximum atomic E-state index is 5.50. The minimum atomic E-state index is 0.697. The zero-order valence-electron chi connectivity index (χ0n) is 10.5. The first-order valence-electron chi connectivity index (χ1n) is 5.95. The zero-order chi connectivity index (χ0) is 12.8. The van der Waals surface area contributed by atoms with Crippen LogP contribution in [0.1, 0.15) is 6.42 Å². The predicted molar refractivity (Wildman–Crippen MR) is 78.5 cm³/mol. The Morgan fingerprint density at radius 3 is 3.06 bits per heavy atom. The molecule has 0 aliphatic heterocycles. The van der Waals surface area contributed by atoms with E-state index in [4.69, 9.17) is 5.73 Å². The number of aromatic nitrogens is 2. The van der Waals surface area contributed by atoms with Gasteiger partial charge in [-0.15, -0.1) is 0 Å². The van der Waals surface area contributed by atoms with Crippen molar-refractivity contribution < 1.29 is 0 Å². The van der Waals surface area contributed by atoms with Gasteiger partial charge in [0.05, 0.1) is 6.20 Å². The highest BCUT2D eigenvalue weighted by Gasteiger charge is 2.02. The first kappa shape index (κ1) is 13.0. The summed E-state index contributed by atoms with van der Waals surface area (Å²) in [5.41, 5.74) is 8.91. The van der Waals surface area contributed by atoms with Crippen molar-refractivity contribution in [2.45, 2.75) is 13.0 Å². The van der Waals surface area contributed by atoms with Gasteiger partial charge in [-0.2, -0.15) is 5.10 Å². The van der Waals surface area contributed by atoms with Crippen LogP contribution < -0.4 is 10.5 Å². The van der Waals surface area contributed by atoms with Gasteiger partial charge in [0.2, 0.25) is 0 Å². The summed E-state index contributed by atoms with van der Waals surface area (Å²) in [6, 6.07) is 8.32. The highest BCUT2D eigenvalue weighted by atomic mass is 32.2. The maximum absolute atomic E-state index is 5.50. The van der Waals surface area contributed by atoms with Crippen molar-refractivity contribution in [3.63, 3.8) is 0 Å². The first-order valence-corrected chi connectivity index (χ1v) is 7.18. The fourth-order valence-corrected chi connectivity index (χ4v) is 2.13. The van der Waals surface area contributed by atoms with Crippen LogP contribution >= 0.6 is 11.9 Å². The molecule has 4 nitrogen and oxygen atoms in total. The molecule has 0 spiro atoms. The highest BCUT2D eigenvalue weighted by Crippen LogP contribution is 2.23. The van der Waals surface area contributed by atoms with Crippen LogP contribution in [0.15, 0.2) is 36.7 Å². The van der Waals surface area contributed by atoms with E-state index in [9.17, 15) is 0 Å². The Labute approximate surface area is 112 Å². The number of nitrogens with two attached hydrogens (primary N) is 1. The van der Waals surface area contributed by atoms with Crippen molar-refractivity contribution in [2.75, 3.05) is 17.5 Å². The Balaban J connectivity index is 2.15. The summed E-state index contributed by atoms with van der Waals surface area (Å²) >= 11 is 1.59. The molecule has 3 N–H and O–H groups in total. The molecule has 1 aromatic carbocycles. The summed E-state index contributed by atoms with van der Waals surface area (Å²) in [5, 5.41) is 4.34. The molecule has 5 heteroatoms. The van der Waals surface area contributed by atoms with Crippen LogP contribution in [0.25, 0.3) is 11.1 Å². The normalized spacial score (nSPS) is 10.6. The molecular weight excluding hydrogens is 244 g/mol. The van der Waals surface area contributed by atoms with Crippen LogP contribution in [0, 0.1) is 0 Å². The van der Waals surface area contributed by atoms with Crippen molar-refractivity contribution in [3.05, 3.63) is 36.7 Å². The van der Waals surface area contributed by atoms with Gasteiger partial charge in [0.15, 0.2) is 0 Å². The molecule has 0 aliphatic carbocycles. The fraction of sp³-hybridized carbons (Fsp3) is 0.308. The molecule has 2 rings (SSSR count). The minimum Gasteiger partial charge on any atom is -0.330 e. The second-order valence-corrected chi connectivity index (χ2v) is 4.63. The molecule has 0 aliphatic rings. The van der Waals surface area contributed by atoms with E-state index in [0.717, 1.165) is 24.2 Å². The van der Waals surface area contributed by atoms with E-state index in [1.54, 1.807) is 11.9 Å². The lowest BCUT2D eigenvalue weighted by Gasteiger charge is -2.04. The van der Waals surface area contributed by atoms with E-state index in [0.29, 0.717) is 6.54 Å². The largest absolute Gasteiger partial charge is 0.330 e. The third kappa shape index (κ3) is 3.27. The van der Waals surface area contributed by atoms with Crippen molar-refractivity contribution in [1.29, 1.82) is 0 Å². The first-order chi connectivity index (χ1) is 8.83. The molecule has 0 bridgehead atoms. The molecule has 0 fully saturated rings. The fourth-order valence-electron chi connectivity index (χ4n) is 1.77. The topological polar surface area (TPSA) is 55.9 Å².